The number of thiazole rings is 1. The molecule has 0 spiro atoms. The van der Waals surface area contributed by atoms with Crippen molar-refractivity contribution in [3.05, 3.63) is 11.6 Å². The highest BCUT2D eigenvalue weighted by molar-refractivity contribution is 7.13. The van der Waals surface area contributed by atoms with E-state index in [4.69, 9.17) is 5.11 Å². The summed E-state index contributed by atoms with van der Waals surface area (Å²) in [7, 11) is 0. The van der Waals surface area contributed by atoms with E-state index in [9.17, 15) is 4.79 Å². The molecule has 1 aromatic heterocycles. The normalized spacial score (nSPS) is 11.2. The van der Waals surface area contributed by atoms with Gasteiger partial charge in [-0.25, -0.2) is 4.98 Å². The zero-order valence-electron chi connectivity index (χ0n) is 9.36. The first-order valence-corrected chi connectivity index (χ1v) is 5.93. The second-order valence-electron chi connectivity index (χ2n) is 2.74. The van der Waals surface area contributed by atoms with Crippen molar-refractivity contribution in [1.82, 2.24) is 4.98 Å². The maximum Gasteiger partial charge on any atom is 0.229 e. The summed E-state index contributed by atoms with van der Waals surface area (Å²) in [6, 6.07) is 0. The fraction of sp³-hybridized carbons (Fsp3) is 0.600. The molecule has 1 heterocycles. The highest BCUT2D eigenvalue weighted by Crippen LogP contribution is 2.12. The summed E-state index contributed by atoms with van der Waals surface area (Å²) < 4.78 is 0. The molecular weight excluding hydrogens is 212 g/mol. The minimum atomic E-state index is -0.172. The van der Waals surface area contributed by atoms with Crippen molar-refractivity contribution in [1.29, 1.82) is 0 Å². The molecule has 4 nitrogen and oxygen atoms in total. The molecule has 0 aliphatic heterocycles. The van der Waals surface area contributed by atoms with Gasteiger partial charge < -0.3 is 10.4 Å². The Labute approximate surface area is 94.4 Å². The molecule has 0 aromatic carbocycles. The van der Waals surface area contributed by atoms with Gasteiger partial charge in [-0.15, -0.1) is 11.3 Å². The monoisotopic (exact) mass is 230 g/mol. The predicted octanol–water partition coefficient (Wildman–Crippen LogP) is 2.13. The smallest absolute Gasteiger partial charge is 0.229 e. The third-order valence-electron chi connectivity index (χ3n) is 1.67. The zero-order chi connectivity index (χ0) is 11.7. The van der Waals surface area contributed by atoms with E-state index in [1.807, 2.05) is 13.8 Å². The van der Waals surface area contributed by atoms with Crippen LogP contribution in [-0.4, -0.2) is 22.6 Å². The number of hydrogen-bond donors (Lipinski definition) is 2. The van der Waals surface area contributed by atoms with Gasteiger partial charge in [-0.3, -0.25) is 4.79 Å². The van der Waals surface area contributed by atoms with E-state index in [0.717, 1.165) is 0 Å². The first-order valence-electron chi connectivity index (χ1n) is 5.05. The Bertz CT molecular complexity index is 262. The van der Waals surface area contributed by atoms with Gasteiger partial charge in [0, 0.05) is 24.1 Å². The molecule has 1 atom stereocenters. The SMILES string of the molecule is CC.CC(CCO)C(=O)Nc1nccs1. The largest absolute Gasteiger partial charge is 0.396 e. The molecule has 0 saturated carbocycles. The van der Waals surface area contributed by atoms with Crippen molar-refractivity contribution in [2.75, 3.05) is 11.9 Å². The lowest BCUT2D eigenvalue weighted by molar-refractivity contribution is -0.119. The predicted molar refractivity (Wildman–Crippen MR) is 63.0 cm³/mol. The number of carbonyl (C=O) groups is 1. The highest BCUT2D eigenvalue weighted by Gasteiger charge is 2.12. The number of rotatable bonds is 4. The molecule has 5 heteroatoms. The summed E-state index contributed by atoms with van der Waals surface area (Å²) in [5.74, 6) is -0.266. The van der Waals surface area contributed by atoms with Crippen LogP contribution in [0.15, 0.2) is 11.6 Å². The third-order valence-corrected chi connectivity index (χ3v) is 2.36. The van der Waals surface area contributed by atoms with Gasteiger partial charge in [0.1, 0.15) is 0 Å². The van der Waals surface area contributed by atoms with Gasteiger partial charge in [0.05, 0.1) is 0 Å². The first-order chi connectivity index (χ1) is 7.24. The third kappa shape index (κ3) is 5.49. The zero-order valence-corrected chi connectivity index (χ0v) is 10.2. The Morgan fingerprint density at radius 3 is 2.80 bits per heavy atom. The molecule has 1 unspecified atom stereocenters. The Morgan fingerprint density at radius 2 is 2.33 bits per heavy atom. The van der Waals surface area contributed by atoms with Crippen molar-refractivity contribution in [3.63, 3.8) is 0 Å². The minimum Gasteiger partial charge on any atom is -0.396 e. The lowest BCUT2D eigenvalue weighted by Gasteiger charge is -2.07. The number of nitrogens with zero attached hydrogens (tertiary/aromatic N) is 1. The van der Waals surface area contributed by atoms with Gasteiger partial charge in [0.2, 0.25) is 5.91 Å². The quantitative estimate of drug-likeness (QED) is 0.833. The van der Waals surface area contributed by atoms with Crippen LogP contribution < -0.4 is 5.32 Å². The molecule has 0 radical (unpaired) electrons. The number of amides is 1. The maximum absolute atomic E-state index is 11.3. The average molecular weight is 230 g/mol. The Kier molecular flexibility index (Phi) is 7.85. The molecule has 0 saturated heterocycles. The molecular formula is C10H18N2O2S. The van der Waals surface area contributed by atoms with Crippen molar-refractivity contribution in [2.24, 2.45) is 5.92 Å². The van der Waals surface area contributed by atoms with E-state index < -0.39 is 0 Å². The fourth-order valence-electron chi connectivity index (χ4n) is 0.839. The second-order valence-corrected chi connectivity index (χ2v) is 3.63. The van der Waals surface area contributed by atoms with Gasteiger partial charge >= 0.3 is 0 Å². The van der Waals surface area contributed by atoms with Crippen LogP contribution in [0, 0.1) is 5.92 Å². The van der Waals surface area contributed by atoms with Gasteiger partial charge in [-0.2, -0.15) is 0 Å². The number of hydrogen-bond acceptors (Lipinski definition) is 4. The number of nitrogens with one attached hydrogen (secondary N) is 1. The van der Waals surface area contributed by atoms with Crippen molar-refractivity contribution >= 4 is 22.4 Å². The Hall–Kier alpha value is -0.940. The van der Waals surface area contributed by atoms with Gasteiger partial charge in [0.25, 0.3) is 0 Å². The molecule has 1 amide bonds. The summed E-state index contributed by atoms with van der Waals surface area (Å²) in [4.78, 5) is 15.3. The van der Waals surface area contributed by atoms with Gasteiger partial charge in [-0.05, 0) is 6.42 Å². The van der Waals surface area contributed by atoms with Crippen LogP contribution in [0.1, 0.15) is 27.2 Å². The summed E-state index contributed by atoms with van der Waals surface area (Å²) in [5, 5.41) is 13.7. The molecule has 15 heavy (non-hydrogen) atoms. The van der Waals surface area contributed by atoms with Crippen LogP contribution >= 0.6 is 11.3 Å². The maximum atomic E-state index is 11.3. The van der Waals surface area contributed by atoms with Gasteiger partial charge in [-0.1, -0.05) is 20.8 Å². The fourth-order valence-corrected chi connectivity index (χ4v) is 1.37. The minimum absolute atomic E-state index is 0.0342. The van der Waals surface area contributed by atoms with E-state index in [0.29, 0.717) is 11.6 Å². The van der Waals surface area contributed by atoms with Crippen LogP contribution in [-0.2, 0) is 4.79 Å². The van der Waals surface area contributed by atoms with Crippen molar-refractivity contribution < 1.29 is 9.90 Å². The van der Waals surface area contributed by atoms with Crippen LogP contribution in [0.2, 0.25) is 0 Å². The van der Waals surface area contributed by atoms with Crippen molar-refractivity contribution in [2.45, 2.75) is 27.2 Å². The van der Waals surface area contributed by atoms with E-state index in [1.165, 1.54) is 11.3 Å². The average Bonchev–Trinajstić information content (AvgIpc) is 2.74. The van der Waals surface area contributed by atoms with Crippen molar-refractivity contribution in [3.8, 4) is 0 Å². The van der Waals surface area contributed by atoms with E-state index in [1.54, 1.807) is 18.5 Å². The number of aromatic nitrogens is 1. The number of aliphatic hydroxyl groups excluding tert-OH is 1. The second kappa shape index (κ2) is 8.38. The molecule has 0 aliphatic rings. The summed E-state index contributed by atoms with van der Waals surface area (Å²) in [5.41, 5.74) is 0. The molecule has 86 valence electrons. The topological polar surface area (TPSA) is 62.2 Å². The Balaban J connectivity index is 0.000000921. The first kappa shape index (κ1) is 14.1. The molecule has 0 aliphatic carbocycles. The summed E-state index contributed by atoms with van der Waals surface area (Å²) in [6.07, 6.45) is 2.12. The molecule has 0 bridgehead atoms. The Morgan fingerprint density at radius 1 is 1.67 bits per heavy atom. The van der Waals surface area contributed by atoms with E-state index >= 15 is 0 Å². The molecule has 1 aromatic rings. The van der Waals surface area contributed by atoms with Crippen LogP contribution in [0.4, 0.5) is 5.13 Å². The lowest BCUT2D eigenvalue weighted by Crippen LogP contribution is -2.21. The molecule has 0 fully saturated rings. The number of anilines is 1. The van der Waals surface area contributed by atoms with E-state index in [-0.39, 0.29) is 18.4 Å². The highest BCUT2D eigenvalue weighted by atomic mass is 32.1. The molecule has 1 rings (SSSR count). The summed E-state index contributed by atoms with van der Waals surface area (Å²) >= 11 is 1.38. The summed E-state index contributed by atoms with van der Waals surface area (Å²) in [6.45, 7) is 5.81. The van der Waals surface area contributed by atoms with E-state index in [2.05, 4.69) is 10.3 Å². The number of carbonyl (C=O) groups excluding carboxylic acids is 1. The number of aliphatic hydroxyl groups is 1. The van der Waals surface area contributed by atoms with Crippen LogP contribution in [0.3, 0.4) is 0 Å². The lowest BCUT2D eigenvalue weighted by atomic mass is 10.1. The van der Waals surface area contributed by atoms with Crippen LogP contribution in [0.25, 0.3) is 0 Å². The van der Waals surface area contributed by atoms with Crippen LogP contribution in [0.5, 0.6) is 0 Å². The standard InChI is InChI=1S/C8H12N2O2S.C2H6/c1-6(2-4-11)7(12)10-8-9-3-5-13-8;1-2/h3,5-6,11H,2,4H2,1H3,(H,9,10,12);1-2H3. The van der Waals surface area contributed by atoms with Gasteiger partial charge in [0.15, 0.2) is 5.13 Å². The molecule has 2 N–H and O–H groups in total.